The minimum atomic E-state index is -0.306. The Labute approximate surface area is 120 Å². The van der Waals surface area contributed by atoms with Crippen molar-refractivity contribution in [1.29, 1.82) is 0 Å². The van der Waals surface area contributed by atoms with Crippen molar-refractivity contribution in [3.63, 3.8) is 0 Å². The summed E-state index contributed by atoms with van der Waals surface area (Å²) < 4.78 is 5.74. The first-order valence-corrected chi connectivity index (χ1v) is 6.32. The van der Waals surface area contributed by atoms with E-state index in [4.69, 9.17) is 16.3 Å². The fourth-order valence-electron chi connectivity index (χ4n) is 2.22. The van der Waals surface area contributed by atoms with E-state index in [1.165, 1.54) is 13.2 Å². The number of Topliss-reactive ketones (excluding diaryl/α,β-unsaturated/α-hetero) is 1. The molecule has 4 nitrogen and oxygen atoms in total. The molecule has 0 aromatic heterocycles. The third kappa shape index (κ3) is 1.85. The van der Waals surface area contributed by atoms with Gasteiger partial charge in [0.15, 0.2) is 0 Å². The lowest BCUT2D eigenvalue weighted by atomic mass is 10.0. The number of ether oxygens (including phenoxy) is 1. The van der Waals surface area contributed by atoms with Crippen LogP contribution in [-0.2, 0) is 0 Å². The van der Waals surface area contributed by atoms with Gasteiger partial charge in [0.1, 0.15) is 11.3 Å². The molecular formula is C15H10ClNO3. The van der Waals surface area contributed by atoms with Crippen LogP contribution in [0.15, 0.2) is 42.5 Å². The van der Waals surface area contributed by atoms with Crippen molar-refractivity contribution in [1.82, 2.24) is 0 Å². The first kappa shape index (κ1) is 12.7. The van der Waals surface area contributed by atoms with Gasteiger partial charge in [-0.3, -0.25) is 4.79 Å². The molecule has 20 heavy (non-hydrogen) atoms. The van der Waals surface area contributed by atoms with Gasteiger partial charge < -0.3 is 9.94 Å². The van der Waals surface area contributed by atoms with Crippen LogP contribution < -0.4 is 4.74 Å². The predicted octanol–water partition coefficient (Wildman–Crippen LogP) is 3.18. The quantitative estimate of drug-likeness (QED) is 0.630. The van der Waals surface area contributed by atoms with Crippen LogP contribution >= 0.6 is 11.6 Å². The fraction of sp³-hybridized carbons (Fsp3) is 0.0667. The summed E-state index contributed by atoms with van der Waals surface area (Å²) in [4.78, 5) is 12.4. The summed E-state index contributed by atoms with van der Waals surface area (Å²) in [6.45, 7) is 0. The third-order valence-corrected chi connectivity index (χ3v) is 3.42. The normalized spacial score (nSPS) is 13.6. The maximum absolute atomic E-state index is 12.4. The Hall–Kier alpha value is -2.33. The number of fused-ring (bicyclic) bond motifs is 1. The van der Waals surface area contributed by atoms with E-state index in [1.807, 2.05) is 0 Å². The number of methoxy groups -OCH3 is 1. The SMILES string of the molecule is COc1cccc(C2=[N+]([O-])c3cc(Cl)ccc3C2=O)c1. The van der Waals surface area contributed by atoms with Crippen LogP contribution in [0.3, 0.4) is 0 Å². The highest BCUT2D eigenvalue weighted by atomic mass is 35.5. The van der Waals surface area contributed by atoms with Crippen LogP contribution in [0, 0.1) is 5.21 Å². The molecule has 0 saturated heterocycles. The average Bonchev–Trinajstić information content (AvgIpc) is 2.70. The monoisotopic (exact) mass is 287 g/mol. The van der Waals surface area contributed by atoms with E-state index in [9.17, 15) is 10.0 Å². The zero-order valence-corrected chi connectivity index (χ0v) is 11.3. The second-order valence-corrected chi connectivity index (χ2v) is 4.80. The molecule has 0 spiro atoms. The third-order valence-electron chi connectivity index (χ3n) is 3.18. The Morgan fingerprint density at radius 3 is 2.75 bits per heavy atom. The van der Waals surface area contributed by atoms with Crippen LogP contribution in [-0.4, -0.2) is 23.3 Å². The topological polar surface area (TPSA) is 52.4 Å². The van der Waals surface area contributed by atoms with Gasteiger partial charge in [-0.15, -0.1) is 0 Å². The van der Waals surface area contributed by atoms with Crippen LogP contribution in [0.25, 0.3) is 0 Å². The van der Waals surface area contributed by atoms with Gasteiger partial charge >= 0.3 is 0 Å². The molecule has 0 atom stereocenters. The highest BCUT2D eigenvalue weighted by molar-refractivity contribution is 6.52. The number of hydrogen-bond acceptors (Lipinski definition) is 3. The number of benzene rings is 2. The lowest BCUT2D eigenvalue weighted by Gasteiger charge is -2.04. The molecule has 0 saturated carbocycles. The Bertz CT molecular complexity index is 753. The van der Waals surface area contributed by atoms with Crippen molar-refractivity contribution in [2.45, 2.75) is 0 Å². The predicted molar refractivity (Wildman–Crippen MR) is 76.2 cm³/mol. The lowest BCUT2D eigenvalue weighted by molar-refractivity contribution is -0.355. The second-order valence-electron chi connectivity index (χ2n) is 4.37. The molecule has 0 radical (unpaired) electrons. The summed E-state index contributed by atoms with van der Waals surface area (Å²) >= 11 is 5.87. The molecule has 2 aromatic carbocycles. The summed E-state index contributed by atoms with van der Waals surface area (Å²) in [7, 11) is 1.53. The number of carbonyl (C=O) groups excluding carboxylic acids is 1. The van der Waals surface area contributed by atoms with Gasteiger partial charge in [-0.2, -0.15) is 4.74 Å². The van der Waals surface area contributed by atoms with Crippen LogP contribution in [0.2, 0.25) is 5.02 Å². The van der Waals surface area contributed by atoms with Gasteiger partial charge in [-0.1, -0.05) is 17.7 Å². The van der Waals surface area contributed by atoms with E-state index in [2.05, 4.69) is 0 Å². The molecular weight excluding hydrogens is 278 g/mol. The summed E-state index contributed by atoms with van der Waals surface area (Å²) in [6, 6.07) is 11.5. The van der Waals surface area contributed by atoms with Crippen molar-refractivity contribution in [3.05, 3.63) is 63.8 Å². The molecule has 100 valence electrons. The average molecular weight is 288 g/mol. The van der Waals surface area contributed by atoms with Gasteiger partial charge in [-0.25, -0.2) is 0 Å². The van der Waals surface area contributed by atoms with Gasteiger partial charge in [0, 0.05) is 11.1 Å². The van der Waals surface area contributed by atoms with E-state index in [0.717, 1.165) is 0 Å². The Kier molecular flexibility index (Phi) is 2.95. The smallest absolute Gasteiger partial charge is 0.273 e. The minimum Gasteiger partial charge on any atom is -0.618 e. The van der Waals surface area contributed by atoms with Crippen molar-refractivity contribution in [2.24, 2.45) is 0 Å². The van der Waals surface area contributed by atoms with E-state index in [-0.39, 0.29) is 17.2 Å². The number of hydrogen-bond donors (Lipinski definition) is 0. The number of carbonyl (C=O) groups is 1. The zero-order chi connectivity index (χ0) is 14.3. The molecule has 2 aromatic rings. The molecule has 1 heterocycles. The van der Waals surface area contributed by atoms with Crippen LogP contribution in [0.4, 0.5) is 5.69 Å². The number of nitrogens with zero attached hydrogens (tertiary/aromatic N) is 1. The molecule has 1 aliphatic heterocycles. The minimum absolute atomic E-state index is 0.0844. The van der Waals surface area contributed by atoms with Gasteiger partial charge in [-0.05, 0) is 30.3 Å². The Morgan fingerprint density at radius 1 is 1.20 bits per heavy atom. The Balaban J connectivity index is 2.17. The van der Waals surface area contributed by atoms with E-state index < -0.39 is 0 Å². The van der Waals surface area contributed by atoms with Gasteiger partial charge in [0.05, 0.1) is 12.7 Å². The molecule has 5 heteroatoms. The molecule has 1 aliphatic rings. The maximum Gasteiger partial charge on any atom is 0.273 e. The highest BCUT2D eigenvalue weighted by Crippen LogP contribution is 2.31. The van der Waals surface area contributed by atoms with Gasteiger partial charge in [0.2, 0.25) is 5.69 Å². The first-order chi connectivity index (χ1) is 9.61. The standard InChI is InChI=1S/C15H10ClNO3/c1-20-11-4-2-3-9(7-11)14-15(18)12-6-5-10(16)8-13(12)17(14)19/h2-8H,1H3. The molecule has 0 aliphatic carbocycles. The summed E-state index contributed by atoms with van der Waals surface area (Å²) in [5, 5.41) is 12.7. The lowest BCUT2D eigenvalue weighted by Crippen LogP contribution is -2.16. The highest BCUT2D eigenvalue weighted by Gasteiger charge is 2.36. The molecule has 0 amide bonds. The van der Waals surface area contributed by atoms with Crippen molar-refractivity contribution in [3.8, 4) is 5.75 Å². The zero-order valence-electron chi connectivity index (χ0n) is 10.6. The number of ketones is 1. The van der Waals surface area contributed by atoms with E-state index in [1.54, 1.807) is 36.4 Å². The Morgan fingerprint density at radius 2 is 2.00 bits per heavy atom. The van der Waals surface area contributed by atoms with Crippen molar-refractivity contribution < 1.29 is 14.3 Å². The van der Waals surface area contributed by atoms with Crippen molar-refractivity contribution in [2.75, 3.05) is 7.11 Å². The molecule has 0 bridgehead atoms. The van der Waals surface area contributed by atoms with Crippen LogP contribution in [0.1, 0.15) is 15.9 Å². The summed E-state index contributed by atoms with van der Waals surface area (Å²) in [5.74, 6) is 0.283. The molecule has 0 N–H and O–H groups in total. The van der Waals surface area contributed by atoms with E-state index >= 15 is 0 Å². The summed E-state index contributed by atoms with van der Waals surface area (Å²) in [6.07, 6.45) is 0. The molecule has 0 unspecified atom stereocenters. The maximum atomic E-state index is 12.4. The number of halogens is 1. The van der Waals surface area contributed by atoms with Crippen molar-refractivity contribution >= 4 is 28.8 Å². The van der Waals surface area contributed by atoms with E-state index in [0.29, 0.717) is 26.6 Å². The first-order valence-electron chi connectivity index (χ1n) is 5.94. The second kappa shape index (κ2) is 4.65. The number of rotatable bonds is 2. The van der Waals surface area contributed by atoms with Crippen LogP contribution in [0.5, 0.6) is 5.75 Å². The fourth-order valence-corrected chi connectivity index (χ4v) is 2.39. The molecule has 3 rings (SSSR count). The largest absolute Gasteiger partial charge is 0.618 e. The van der Waals surface area contributed by atoms with Gasteiger partial charge in [0.25, 0.3) is 11.5 Å². The molecule has 0 fully saturated rings. The summed E-state index contributed by atoms with van der Waals surface area (Å²) in [5.41, 5.74) is 1.25.